The van der Waals surface area contributed by atoms with E-state index in [1.807, 2.05) is 0 Å². The highest BCUT2D eigenvalue weighted by atomic mass is 19.1. The summed E-state index contributed by atoms with van der Waals surface area (Å²) >= 11 is 0. The summed E-state index contributed by atoms with van der Waals surface area (Å²) in [6.45, 7) is 0. The molecule has 1 saturated carbocycles. The van der Waals surface area contributed by atoms with Gasteiger partial charge in [0.25, 0.3) is 5.91 Å². The summed E-state index contributed by atoms with van der Waals surface area (Å²) in [7, 11) is 0. The second-order valence-corrected chi connectivity index (χ2v) is 4.64. The topological polar surface area (TPSA) is 77.9 Å². The molecule has 1 fully saturated rings. The lowest BCUT2D eigenvalue weighted by Gasteiger charge is -2.28. The van der Waals surface area contributed by atoms with Crippen molar-refractivity contribution in [2.75, 3.05) is 0 Å². The van der Waals surface area contributed by atoms with E-state index in [9.17, 15) is 9.18 Å². The number of nitrogens with zero attached hydrogens (tertiary/aromatic N) is 3. The van der Waals surface area contributed by atoms with Crippen LogP contribution in [-0.2, 0) is 0 Å². The Morgan fingerprint density at radius 2 is 2.00 bits per heavy atom. The van der Waals surface area contributed by atoms with Crippen LogP contribution in [0.15, 0.2) is 29.4 Å². The minimum Gasteiger partial charge on any atom is -0.349 e. The van der Waals surface area contributed by atoms with Crippen molar-refractivity contribution in [1.82, 2.24) is 5.32 Å². The van der Waals surface area contributed by atoms with Gasteiger partial charge in [0.1, 0.15) is 5.82 Å². The maximum Gasteiger partial charge on any atom is 0.251 e. The minimum absolute atomic E-state index is 0.137. The second kappa shape index (κ2) is 6.20. The summed E-state index contributed by atoms with van der Waals surface area (Å²) < 4.78 is 12.8. The van der Waals surface area contributed by atoms with Gasteiger partial charge >= 0.3 is 0 Å². The molecule has 0 unspecified atom stereocenters. The summed E-state index contributed by atoms with van der Waals surface area (Å²) in [4.78, 5) is 14.8. The van der Waals surface area contributed by atoms with E-state index in [2.05, 4.69) is 15.3 Å². The summed E-state index contributed by atoms with van der Waals surface area (Å²) in [6.07, 6.45) is 3.60. The highest BCUT2D eigenvalue weighted by molar-refractivity contribution is 5.94. The number of hydrogen-bond acceptors (Lipinski definition) is 2. The Bertz CT molecular complexity index is 496. The third-order valence-corrected chi connectivity index (χ3v) is 3.35. The average molecular weight is 262 g/mol. The van der Waals surface area contributed by atoms with Crippen LogP contribution in [-0.4, -0.2) is 18.0 Å². The molecule has 2 atom stereocenters. The lowest BCUT2D eigenvalue weighted by molar-refractivity contribution is 0.0921. The normalized spacial score (nSPS) is 22.4. The molecule has 1 amide bonds. The Morgan fingerprint density at radius 3 is 2.68 bits per heavy atom. The minimum atomic E-state index is -0.374. The van der Waals surface area contributed by atoms with Gasteiger partial charge < -0.3 is 5.32 Å². The first-order chi connectivity index (χ1) is 9.20. The van der Waals surface area contributed by atoms with Crippen LogP contribution in [0.4, 0.5) is 4.39 Å². The van der Waals surface area contributed by atoms with Gasteiger partial charge in [0.2, 0.25) is 0 Å². The first-order valence-corrected chi connectivity index (χ1v) is 6.31. The van der Waals surface area contributed by atoms with Crippen molar-refractivity contribution in [2.24, 2.45) is 5.11 Å². The van der Waals surface area contributed by atoms with E-state index < -0.39 is 0 Å². The molecule has 0 spiro atoms. The van der Waals surface area contributed by atoms with E-state index >= 15 is 0 Å². The Balaban J connectivity index is 2.04. The maximum absolute atomic E-state index is 12.8. The molecular weight excluding hydrogens is 247 g/mol. The number of azide groups is 1. The first kappa shape index (κ1) is 13.4. The molecule has 100 valence electrons. The van der Waals surface area contributed by atoms with Gasteiger partial charge in [-0.05, 0) is 42.6 Å². The van der Waals surface area contributed by atoms with Crippen molar-refractivity contribution in [3.8, 4) is 0 Å². The number of halogens is 1. The lowest BCUT2D eigenvalue weighted by atomic mass is 9.90. The lowest BCUT2D eigenvalue weighted by Crippen LogP contribution is -2.44. The van der Waals surface area contributed by atoms with Crippen LogP contribution in [0.3, 0.4) is 0 Å². The van der Waals surface area contributed by atoms with Crippen LogP contribution in [0, 0.1) is 5.82 Å². The van der Waals surface area contributed by atoms with E-state index in [-0.39, 0.29) is 23.8 Å². The van der Waals surface area contributed by atoms with Gasteiger partial charge in [-0.3, -0.25) is 4.79 Å². The number of benzene rings is 1. The Kier molecular flexibility index (Phi) is 4.36. The van der Waals surface area contributed by atoms with Gasteiger partial charge in [0.05, 0.1) is 6.04 Å². The highest BCUT2D eigenvalue weighted by Gasteiger charge is 2.25. The molecule has 1 N–H and O–H groups in total. The Labute approximate surface area is 110 Å². The molecule has 1 aliphatic rings. The summed E-state index contributed by atoms with van der Waals surface area (Å²) in [5.74, 6) is -0.633. The van der Waals surface area contributed by atoms with Crippen LogP contribution >= 0.6 is 0 Å². The molecule has 2 rings (SSSR count). The molecule has 6 heteroatoms. The molecule has 0 saturated heterocycles. The fourth-order valence-corrected chi connectivity index (χ4v) is 2.34. The summed E-state index contributed by atoms with van der Waals surface area (Å²) in [5, 5.41) is 6.59. The van der Waals surface area contributed by atoms with Crippen LogP contribution in [0.25, 0.3) is 10.4 Å². The van der Waals surface area contributed by atoms with Gasteiger partial charge in [0.15, 0.2) is 0 Å². The van der Waals surface area contributed by atoms with E-state index in [1.165, 1.54) is 24.3 Å². The van der Waals surface area contributed by atoms with Gasteiger partial charge in [-0.2, -0.15) is 0 Å². The van der Waals surface area contributed by atoms with E-state index in [0.717, 1.165) is 25.7 Å². The number of nitrogens with one attached hydrogen (secondary N) is 1. The van der Waals surface area contributed by atoms with Crippen molar-refractivity contribution in [3.05, 3.63) is 46.1 Å². The molecule has 0 heterocycles. The highest BCUT2D eigenvalue weighted by Crippen LogP contribution is 2.21. The molecule has 0 aromatic heterocycles. The zero-order chi connectivity index (χ0) is 13.7. The predicted octanol–water partition coefficient (Wildman–Crippen LogP) is 3.18. The predicted molar refractivity (Wildman–Crippen MR) is 69.1 cm³/mol. The third kappa shape index (κ3) is 3.45. The molecule has 0 aliphatic heterocycles. The van der Waals surface area contributed by atoms with E-state index in [4.69, 9.17) is 5.53 Å². The zero-order valence-electron chi connectivity index (χ0n) is 10.4. The smallest absolute Gasteiger partial charge is 0.251 e. The monoisotopic (exact) mass is 262 g/mol. The van der Waals surface area contributed by atoms with Crippen molar-refractivity contribution in [3.63, 3.8) is 0 Å². The number of amides is 1. The SMILES string of the molecule is [N-]=[N+]=N[C@H]1CCCC[C@@H]1NC(=O)c1ccc(F)cc1. The standard InChI is InChI=1S/C13H15FN4O/c14-10-7-5-9(6-8-10)13(19)16-11-3-1-2-4-12(11)17-18-15/h5-8,11-12H,1-4H2,(H,16,19)/t11-,12-/m0/s1. The Hall–Kier alpha value is -2.07. The van der Waals surface area contributed by atoms with E-state index in [1.54, 1.807) is 0 Å². The summed E-state index contributed by atoms with van der Waals surface area (Å²) in [6, 6.07) is 5.05. The number of carbonyl (C=O) groups excluding carboxylic acids is 1. The molecular formula is C13H15FN4O. The zero-order valence-corrected chi connectivity index (χ0v) is 10.4. The van der Waals surface area contributed by atoms with Crippen LogP contribution in [0.1, 0.15) is 36.0 Å². The molecule has 5 nitrogen and oxygen atoms in total. The molecule has 1 aromatic carbocycles. The van der Waals surface area contributed by atoms with Crippen molar-refractivity contribution >= 4 is 5.91 Å². The molecule has 0 radical (unpaired) electrons. The Morgan fingerprint density at radius 1 is 1.32 bits per heavy atom. The fourth-order valence-electron chi connectivity index (χ4n) is 2.34. The van der Waals surface area contributed by atoms with Crippen molar-refractivity contribution in [2.45, 2.75) is 37.8 Å². The van der Waals surface area contributed by atoms with Crippen molar-refractivity contribution in [1.29, 1.82) is 0 Å². The molecule has 1 aromatic rings. The van der Waals surface area contributed by atoms with Gasteiger partial charge in [-0.15, -0.1) is 0 Å². The number of carbonyl (C=O) groups is 1. The maximum atomic E-state index is 12.8. The first-order valence-electron chi connectivity index (χ1n) is 6.31. The molecule has 19 heavy (non-hydrogen) atoms. The quantitative estimate of drug-likeness (QED) is 0.507. The average Bonchev–Trinajstić information content (AvgIpc) is 2.42. The summed E-state index contributed by atoms with van der Waals surface area (Å²) in [5.41, 5.74) is 8.93. The molecule has 0 bridgehead atoms. The van der Waals surface area contributed by atoms with Gasteiger partial charge in [0, 0.05) is 16.5 Å². The number of rotatable bonds is 3. The number of hydrogen-bond donors (Lipinski definition) is 1. The van der Waals surface area contributed by atoms with Gasteiger partial charge in [-0.25, -0.2) is 4.39 Å². The third-order valence-electron chi connectivity index (χ3n) is 3.35. The fraction of sp³-hybridized carbons (Fsp3) is 0.462. The van der Waals surface area contributed by atoms with Crippen LogP contribution in [0.2, 0.25) is 0 Å². The molecule has 1 aliphatic carbocycles. The largest absolute Gasteiger partial charge is 0.349 e. The van der Waals surface area contributed by atoms with E-state index in [0.29, 0.717) is 5.56 Å². The van der Waals surface area contributed by atoms with Crippen molar-refractivity contribution < 1.29 is 9.18 Å². The van der Waals surface area contributed by atoms with Crippen LogP contribution < -0.4 is 5.32 Å². The van der Waals surface area contributed by atoms with Crippen LogP contribution in [0.5, 0.6) is 0 Å². The second-order valence-electron chi connectivity index (χ2n) is 4.64. The van der Waals surface area contributed by atoms with Gasteiger partial charge in [-0.1, -0.05) is 18.0 Å².